The molecule has 0 unspecified atom stereocenters. The van der Waals surface area contributed by atoms with Gasteiger partial charge in [0, 0.05) is 24.8 Å². The molecular formula is C17H23N5O. The third kappa shape index (κ3) is 5.34. The molecule has 1 amide bonds. The fourth-order valence-electron chi connectivity index (χ4n) is 2.02. The average molecular weight is 313 g/mol. The van der Waals surface area contributed by atoms with Crippen LogP contribution < -0.4 is 10.6 Å². The molecule has 0 aliphatic carbocycles. The topological polar surface area (TPSA) is 70.2 Å². The Morgan fingerprint density at radius 2 is 1.83 bits per heavy atom. The van der Waals surface area contributed by atoms with Gasteiger partial charge in [-0.3, -0.25) is 4.79 Å². The summed E-state index contributed by atoms with van der Waals surface area (Å²) >= 11 is 0. The molecule has 0 bridgehead atoms. The summed E-state index contributed by atoms with van der Waals surface area (Å²) in [4.78, 5) is 22.7. The number of hydrogen-bond donors (Lipinski definition) is 2. The Kier molecular flexibility index (Phi) is 5.65. The molecule has 0 aliphatic heterocycles. The van der Waals surface area contributed by atoms with E-state index in [2.05, 4.69) is 20.6 Å². The van der Waals surface area contributed by atoms with E-state index in [4.69, 9.17) is 0 Å². The predicted molar refractivity (Wildman–Crippen MR) is 92.1 cm³/mol. The van der Waals surface area contributed by atoms with Crippen LogP contribution in [0.1, 0.15) is 21.9 Å². The molecular weight excluding hydrogens is 290 g/mol. The van der Waals surface area contributed by atoms with Crippen molar-refractivity contribution in [2.24, 2.45) is 0 Å². The molecule has 2 aromatic rings. The zero-order valence-corrected chi connectivity index (χ0v) is 14.1. The van der Waals surface area contributed by atoms with Gasteiger partial charge in [0.1, 0.15) is 17.3 Å². The lowest BCUT2D eigenvalue weighted by Crippen LogP contribution is -2.32. The summed E-state index contributed by atoms with van der Waals surface area (Å²) in [5.41, 5.74) is 2.48. The number of carbonyl (C=O) groups is 1. The highest BCUT2D eigenvalue weighted by atomic mass is 16.1. The molecule has 0 radical (unpaired) electrons. The maximum Gasteiger partial charge on any atom is 0.270 e. The maximum atomic E-state index is 12.2. The van der Waals surface area contributed by atoms with Gasteiger partial charge < -0.3 is 15.5 Å². The van der Waals surface area contributed by atoms with Crippen LogP contribution in [-0.4, -0.2) is 48.0 Å². The standard InChI is InChI=1S/C17H23N5O/c1-12-5-7-14(8-6-12)21-16-11-15(19-13(2)20-16)17(23)18-9-10-22(3)4/h5-8,11H,9-10H2,1-4H3,(H,18,23)(H,19,20,21). The van der Waals surface area contributed by atoms with E-state index in [0.717, 1.165) is 12.2 Å². The van der Waals surface area contributed by atoms with Crippen LogP contribution in [0, 0.1) is 13.8 Å². The van der Waals surface area contributed by atoms with E-state index in [-0.39, 0.29) is 5.91 Å². The number of aromatic nitrogens is 2. The van der Waals surface area contributed by atoms with E-state index in [0.29, 0.717) is 23.9 Å². The Bertz CT molecular complexity index is 667. The average Bonchev–Trinajstić information content (AvgIpc) is 2.48. The Hall–Kier alpha value is -2.47. The van der Waals surface area contributed by atoms with Crippen molar-refractivity contribution in [1.29, 1.82) is 0 Å². The molecule has 1 aromatic carbocycles. The molecule has 2 N–H and O–H groups in total. The van der Waals surface area contributed by atoms with Crippen molar-refractivity contribution in [3.63, 3.8) is 0 Å². The SMILES string of the molecule is Cc1ccc(Nc2cc(C(=O)NCCN(C)C)nc(C)n2)cc1. The maximum absolute atomic E-state index is 12.2. The van der Waals surface area contributed by atoms with Crippen molar-refractivity contribution in [2.45, 2.75) is 13.8 Å². The van der Waals surface area contributed by atoms with Gasteiger partial charge in [-0.15, -0.1) is 0 Å². The molecule has 0 saturated carbocycles. The minimum absolute atomic E-state index is 0.190. The van der Waals surface area contributed by atoms with Crippen molar-refractivity contribution in [2.75, 3.05) is 32.5 Å². The molecule has 1 heterocycles. The molecule has 0 spiro atoms. The molecule has 1 aromatic heterocycles. The second-order valence-corrected chi connectivity index (χ2v) is 5.74. The van der Waals surface area contributed by atoms with Crippen LogP contribution in [0.5, 0.6) is 0 Å². The Labute approximate surface area is 137 Å². The highest BCUT2D eigenvalue weighted by molar-refractivity contribution is 5.93. The van der Waals surface area contributed by atoms with Crippen LogP contribution in [0.25, 0.3) is 0 Å². The highest BCUT2D eigenvalue weighted by Gasteiger charge is 2.10. The molecule has 6 heteroatoms. The zero-order valence-electron chi connectivity index (χ0n) is 14.1. The molecule has 0 fully saturated rings. The first-order valence-corrected chi connectivity index (χ1v) is 7.56. The second kappa shape index (κ2) is 7.69. The van der Waals surface area contributed by atoms with Gasteiger partial charge in [-0.1, -0.05) is 17.7 Å². The van der Waals surface area contributed by atoms with Crippen LogP contribution in [-0.2, 0) is 0 Å². The Balaban J connectivity index is 2.08. The van der Waals surface area contributed by atoms with E-state index < -0.39 is 0 Å². The van der Waals surface area contributed by atoms with E-state index in [1.54, 1.807) is 13.0 Å². The lowest BCUT2D eigenvalue weighted by molar-refractivity contribution is 0.0945. The summed E-state index contributed by atoms with van der Waals surface area (Å²) in [6.07, 6.45) is 0. The molecule has 2 rings (SSSR count). The normalized spacial score (nSPS) is 10.7. The van der Waals surface area contributed by atoms with Crippen LogP contribution in [0.3, 0.4) is 0 Å². The number of anilines is 2. The van der Waals surface area contributed by atoms with Crippen molar-refractivity contribution in [3.8, 4) is 0 Å². The fourth-order valence-corrected chi connectivity index (χ4v) is 2.02. The predicted octanol–water partition coefficient (Wildman–Crippen LogP) is 2.13. The summed E-state index contributed by atoms with van der Waals surface area (Å²) in [6.45, 7) is 5.17. The van der Waals surface area contributed by atoms with Crippen LogP contribution in [0.4, 0.5) is 11.5 Å². The summed E-state index contributed by atoms with van der Waals surface area (Å²) < 4.78 is 0. The first-order chi connectivity index (χ1) is 10.9. The van der Waals surface area contributed by atoms with Crippen molar-refractivity contribution >= 4 is 17.4 Å². The first kappa shape index (κ1) is 16.9. The largest absolute Gasteiger partial charge is 0.349 e. The van der Waals surface area contributed by atoms with Gasteiger partial charge in [0.25, 0.3) is 5.91 Å². The van der Waals surface area contributed by atoms with Crippen LogP contribution in [0.2, 0.25) is 0 Å². The van der Waals surface area contributed by atoms with Gasteiger partial charge in [0.15, 0.2) is 0 Å². The number of aryl methyl sites for hydroxylation is 2. The third-order valence-electron chi connectivity index (χ3n) is 3.24. The van der Waals surface area contributed by atoms with Crippen LogP contribution in [0.15, 0.2) is 30.3 Å². The minimum atomic E-state index is -0.190. The number of carbonyl (C=O) groups excluding carboxylic acids is 1. The van der Waals surface area contributed by atoms with E-state index >= 15 is 0 Å². The van der Waals surface area contributed by atoms with E-state index in [1.807, 2.05) is 50.2 Å². The van der Waals surface area contributed by atoms with Crippen molar-refractivity contribution in [1.82, 2.24) is 20.2 Å². The van der Waals surface area contributed by atoms with Gasteiger partial charge in [-0.25, -0.2) is 9.97 Å². The number of rotatable bonds is 6. The van der Waals surface area contributed by atoms with Gasteiger partial charge in [-0.05, 0) is 40.1 Å². The highest BCUT2D eigenvalue weighted by Crippen LogP contribution is 2.16. The fraction of sp³-hybridized carbons (Fsp3) is 0.353. The number of nitrogens with zero attached hydrogens (tertiary/aromatic N) is 3. The lowest BCUT2D eigenvalue weighted by Gasteiger charge is -2.11. The number of amides is 1. The lowest BCUT2D eigenvalue weighted by atomic mass is 10.2. The molecule has 122 valence electrons. The molecule has 0 atom stereocenters. The third-order valence-corrected chi connectivity index (χ3v) is 3.24. The molecule has 6 nitrogen and oxygen atoms in total. The monoisotopic (exact) mass is 313 g/mol. The Morgan fingerprint density at radius 3 is 2.48 bits per heavy atom. The summed E-state index contributed by atoms with van der Waals surface area (Å²) in [6, 6.07) is 9.65. The van der Waals surface area contributed by atoms with E-state index in [1.165, 1.54) is 5.56 Å². The second-order valence-electron chi connectivity index (χ2n) is 5.74. The quantitative estimate of drug-likeness (QED) is 0.855. The molecule has 23 heavy (non-hydrogen) atoms. The zero-order chi connectivity index (χ0) is 16.8. The molecule has 0 aliphatic rings. The summed E-state index contributed by atoms with van der Waals surface area (Å²) in [7, 11) is 3.93. The number of nitrogens with one attached hydrogen (secondary N) is 2. The van der Waals surface area contributed by atoms with Gasteiger partial charge >= 0.3 is 0 Å². The number of likely N-dealkylation sites (N-methyl/N-ethyl adjacent to an activating group) is 1. The number of hydrogen-bond acceptors (Lipinski definition) is 5. The van der Waals surface area contributed by atoms with Crippen molar-refractivity contribution in [3.05, 3.63) is 47.4 Å². The first-order valence-electron chi connectivity index (χ1n) is 7.56. The minimum Gasteiger partial charge on any atom is -0.349 e. The summed E-state index contributed by atoms with van der Waals surface area (Å²) in [5.74, 6) is 0.975. The van der Waals surface area contributed by atoms with Gasteiger partial charge in [-0.2, -0.15) is 0 Å². The van der Waals surface area contributed by atoms with E-state index in [9.17, 15) is 4.79 Å². The van der Waals surface area contributed by atoms with Crippen LogP contribution >= 0.6 is 0 Å². The van der Waals surface area contributed by atoms with Gasteiger partial charge in [0.2, 0.25) is 0 Å². The number of benzene rings is 1. The Morgan fingerprint density at radius 1 is 1.13 bits per heavy atom. The smallest absolute Gasteiger partial charge is 0.270 e. The van der Waals surface area contributed by atoms with Gasteiger partial charge in [0.05, 0.1) is 0 Å². The summed E-state index contributed by atoms with van der Waals surface area (Å²) in [5, 5.41) is 6.06. The van der Waals surface area contributed by atoms with Crippen molar-refractivity contribution < 1.29 is 4.79 Å². The molecule has 0 saturated heterocycles.